The predicted molar refractivity (Wildman–Crippen MR) is 121 cm³/mol. The van der Waals surface area contributed by atoms with E-state index < -0.39 is 27.4 Å². The Balaban J connectivity index is 2.15. The molecule has 1 N–H and O–H groups in total. The molecule has 0 aliphatic heterocycles. The first-order chi connectivity index (χ1) is 15.1. The summed E-state index contributed by atoms with van der Waals surface area (Å²) in [6, 6.07) is 19.1. The molecule has 4 rings (SSSR count). The van der Waals surface area contributed by atoms with Gasteiger partial charge in [0, 0.05) is 17.7 Å². The summed E-state index contributed by atoms with van der Waals surface area (Å²) in [4.78, 5) is 12.1. The van der Waals surface area contributed by atoms with Crippen LogP contribution in [0.3, 0.4) is 0 Å². The quantitative estimate of drug-likeness (QED) is 0.286. The molecule has 1 heterocycles. The van der Waals surface area contributed by atoms with E-state index in [4.69, 9.17) is 0 Å². The lowest BCUT2D eigenvalue weighted by Gasteiger charge is -2.22. The van der Waals surface area contributed by atoms with E-state index in [1.807, 2.05) is 32.0 Å². The van der Waals surface area contributed by atoms with Gasteiger partial charge in [-0.15, -0.1) is 0 Å². The zero-order valence-electron chi connectivity index (χ0n) is 17.9. The summed E-state index contributed by atoms with van der Waals surface area (Å²) in [6.45, 7) is 5.61. The Bertz CT molecular complexity index is 1420. The first-order valence-electron chi connectivity index (χ1n) is 10.2. The number of carboxylic acid groups (broad SMARTS) is 1. The number of carboxylic acids is 1. The van der Waals surface area contributed by atoms with Crippen LogP contribution in [0.2, 0.25) is 0 Å². The molecule has 4 aromatic rings. The Morgan fingerprint density at radius 2 is 1.47 bits per heavy atom. The first-order valence-corrected chi connectivity index (χ1v) is 11.7. The smallest absolute Gasteiger partial charge is 0.330 e. The highest BCUT2D eigenvalue weighted by Crippen LogP contribution is 2.34. The summed E-state index contributed by atoms with van der Waals surface area (Å²) < 4.78 is 37.6. The van der Waals surface area contributed by atoms with Crippen molar-refractivity contribution >= 4 is 37.9 Å². The molecule has 3 aromatic carbocycles. The lowest BCUT2D eigenvalue weighted by atomic mass is 9.93. The Hall–Kier alpha value is -3.29. The van der Waals surface area contributed by atoms with Crippen LogP contribution < -0.4 is 9.67 Å². The fraction of sp³-hybridized carbons (Fsp3) is 0.200. The molecule has 0 saturated carbocycles. The lowest BCUT2D eigenvalue weighted by Crippen LogP contribution is -2.48. The highest BCUT2D eigenvalue weighted by Gasteiger charge is 2.42. The number of aryl methyl sites for hydroxylation is 2. The number of nitrogens with zero attached hydrogens (tertiary/aromatic N) is 1. The second-order valence-corrected chi connectivity index (χ2v) is 9.63. The van der Waals surface area contributed by atoms with E-state index in [1.54, 1.807) is 55.5 Å². The second-order valence-electron chi connectivity index (χ2n) is 8.12. The van der Waals surface area contributed by atoms with Crippen LogP contribution in [0, 0.1) is 13.8 Å². The van der Waals surface area contributed by atoms with Gasteiger partial charge < -0.3 is 9.90 Å². The van der Waals surface area contributed by atoms with Gasteiger partial charge in [-0.3, -0.25) is 4.55 Å². The average Bonchev–Trinajstić information content (AvgIpc) is 2.72. The summed E-state index contributed by atoms with van der Waals surface area (Å²) in [5.41, 5.74) is 3.48. The molecule has 0 aliphatic rings. The van der Waals surface area contributed by atoms with Crippen molar-refractivity contribution in [2.75, 3.05) is 0 Å². The number of fused-ring (bicyclic) bond motifs is 2. The molecule has 32 heavy (non-hydrogen) atoms. The number of benzene rings is 3. The van der Waals surface area contributed by atoms with Gasteiger partial charge in [0.15, 0.2) is 0 Å². The van der Waals surface area contributed by atoms with Gasteiger partial charge in [-0.2, -0.15) is 13.0 Å². The van der Waals surface area contributed by atoms with E-state index in [1.165, 1.54) is 4.57 Å². The standard InChI is InChI=1S/C25H23NO5S/c1-15-12-13-18(16(2)14-15)17(3)24(32(29,30)31)26-21-10-6-4-8-19(21)23(25(27)28)20-9-5-7-11-22(20)26/h4-14,17,24H,1-3H3,(H-,27,28,29,30,31). The summed E-state index contributed by atoms with van der Waals surface area (Å²) in [6.07, 6.45) is 0. The van der Waals surface area contributed by atoms with Crippen LogP contribution >= 0.6 is 0 Å². The van der Waals surface area contributed by atoms with Gasteiger partial charge in [0.05, 0.1) is 22.7 Å². The van der Waals surface area contributed by atoms with Crippen molar-refractivity contribution < 1.29 is 27.4 Å². The minimum Gasteiger partial charge on any atom is -0.545 e. The highest BCUT2D eigenvalue weighted by atomic mass is 32.2. The molecule has 2 atom stereocenters. The SMILES string of the molecule is Cc1ccc(C(C)C([n+]2c3ccccc3c(C(=O)[O-])c3ccccc32)S(=O)(=O)O)c(C)c1. The van der Waals surface area contributed by atoms with E-state index in [0.717, 1.165) is 16.7 Å². The van der Waals surface area contributed by atoms with Crippen molar-refractivity contribution in [1.29, 1.82) is 0 Å². The zero-order chi connectivity index (χ0) is 23.2. The molecular weight excluding hydrogens is 426 g/mol. The van der Waals surface area contributed by atoms with Gasteiger partial charge in [0.1, 0.15) is 0 Å². The summed E-state index contributed by atoms with van der Waals surface area (Å²) in [5, 5.41) is 11.4. The van der Waals surface area contributed by atoms with Crippen molar-refractivity contribution in [3.05, 3.63) is 89.0 Å². The first kappa shape index (κ1) is 21.9. The van der Waals surface area contributed by atoms with Crippen LogP contribution in [0.1, 0.15) is 45.3 Å². The molecule has 2 unspecified atom stereocenters. The molecule has 0 radical (unpaired) electrons. The van der Waals surface area contributed by atoms with Gasteiger partial charge in [-0.25, -0.2) is 0 Å². The van der Waals surface area contributed by atoms with Crippen LogP contribution in [-0.2, 0) is 10.1 Å². The van der Waals surface area contributed by atoms with Crippen LogP contribution in [0.4, 0.5) is 0 Å². The minimum atomic E-state index is -4.61. The maximum absolute atomic E-state index is 12.8. The Kier molecular flexibility index (Phi) is 5.48. The van der Waals surface area contributed by atoms with Gasteiger partial charge in [-0.1, -0.05) is 55.0 Å². The fourth-order valence-electron chi connectivity index (χ4n) is 4.66. The third kappa shape index (κ3) is 3.63. The molecule has 1 aromatic heterocycles. The van der Waals surface area contributed by atoms with E-state index in [0.29, 0.717) is 21.8 Å². The monoisotopic (exact) mass is 449 g/mol. The molecule has 0 aliphatic carbocycles. The molecule has 0 fully saturated rings. The van der Waals surface area contributed by atoms with Gasteiger partial charge in [0.2, 0.25) is 11.0 Å². The van der Waals surface area contributed by atoms with Crippen LogP contribution in [0.25, 0.3) is 21.8 Å². The van der Waals surface area contributed by atoms with E-state index in [2.05, 4.69) is 0 Å². The van der Waals surface area contributed by atoms with Crippen molar-refractivity contribution in [1.82, 2.24) is 0 Å². The van der Waals surface area contributed by atoms with Gasteiger partial charge in [0.25, 0.3) is 5.37 Å². The third-order valence-corrected chi connectivity index (χ3v) is 7.20. The fourth-order valence-corrected chi connectivity index (χ4v) is 5.82. The third-order valence-electron chi connectivity index (χ3n) is 5.97. The van der Waals surface area contributed by atoms with Crippen molar-refractivity contribution in [3.63, 3.8) is 0 Å². The number of aromatic nitrogens is 1. The number of hydrogen-bond acceptors (Lipinski definition) is 4. The second kappa shape index (κ2) is 8.00. The zero-order valence-corrected chi connectivity index (χ0v) is 18.8. The Morgan fingerprint density at radius 3 is 1.94 bits per heavy atom. The number of aromatic carboxylic acids is 1. The van der Waals surface area contributed by atoms with Crippen LogP contribution in [-0.4, -0.2) is 18.9 Å². The summed E-state index contributed by atoms with van der Waals surface area (Å²) in [5.74, 6) is -1.98. The maximum atomic E-state index is 12.8. The summed E-state index contributed by atoms with van der Waals surface area (Å²) >= 11 is 0. The summed E-state index contributed by atoms with van der Waals surface area (Å²) in [7, 11) is -4.61. The lowest BCUT2D eigenvalue weighted by molar-refractivity contribution is -0.654. The molecule has 164 valence electrons. The van der Waals surface area contributed by atoms with E-state index >= 15 is 0 Å². The number of carbonyl (C=O) groups is 1. The largest absolute Gasteiger partial charge is 0.545 e. The van der Waals surface area contributed by atoms with Gasteiger partial charge in [-0.05, 0) is 37.1 Å². The number of carbonyl (C=O) groups excluding carboxylic acids is 1. The Labute approximate surface area is 186 Å². The normalized spacial score (nSPS) is 13.9. The minimum absolute atomic E-state index is 0.0132. The number of hydrogen-bond donors (Lipinski definition) is 1. The highest BCUT2D eigenvalue weighted by molar-refractivity contribution is 7.85. The average molecular weight is 450 g/mol. The predicted octanol–water partition coefficient (Wildman–Crippen LogP) is 3.45. The van der Waals surface area contributed by atoms with E-state index in [-0.39, 0.29) is 5.56 Å². The van der Waals surface area contributed by atoms with Crippen LogP contribution in [0.15, 0.2) is 66.7 Å². The topological polar surface area (TPSA) is 98.4 Å². The van der Waals surface area contributed by atoms with Crippen molar-refractivity contribution in [2.45, 2.75) is 32.1 Å². The molecule has 0 spiro atoms. The molecular formula is C25H23NO5S. The number of pyridine rings is 1. The molecule has 0 saturated heterocycles. The number of para-hydroxylation sites is 2. The molecule has 0 amide bonds. The Morgan fingerprint density at radius 1 is 0.938 bits per heavy atom. The van der Waals surface area contributed by atoms with Crippen molar-refractivity contribution in [2.24, 2.45) is 0 Å². The number of rotatable bonds is 5. The molecule has 6 nitrogen and oxygen atoms in total. The maximum Gasteiger partial charge on any atom is 0.330 e. The molecule has 7 heteroatoms. The van der Waals surface area contributed by atoms with Gasteiger partial charge >= 0.3 is 10.1 Å². The molecule has 0 bridgehead atoms. The van der Waals surface area contributed by atoms with Crippen LogP contribution in [0.5, 0.6) is 0 Å². The van der Waals surface area contributed by atoms with E-state index in [9.17, 15) is 22.9 Å². The van der Waals surface area contributed by atoms with Crippen molar-refractivity contribution in [3.8, 4) is 0 Å².